The summed E-state index contributed by atoms with van der Waals surface area (Å²) in [4.78, 5) is 22.2. The van der Waals surface area contributed by atoms with Crippen molar-refractivity contribution in [3.05, 3.63) is 47.5 Å². The number of aliphatic carboxylic acids is 1. The average molecular weight is 451 g/mol. The van der Waals surface area contributed by atoms with Crippen molar-refractivity contribution in [2.24, 2.45) is 11.6 Å². The lowest BCUT2D eigenvalue weighted by molar-refractivity contribution is -0.145. The van der Waals surface area contributed by atoms with Crippen molar-refractivity contribution in [1.29, 1.82) is 0 Å². The second-order valence-electron chi connectivity index (χ2n) is 7.17. The van der Waals surface area contributed by atoms with Gasteiger partial charge in [-0.3, -0.25) is 15.4 Å². The van der Waals surface area contributed by atoms with E-state index >= 15 is 0 Å². The van der Waals surface area contributed by atoms with Crippen LogP contribution in [0.1, 0.15) is 25.0 Å². The highest BCUT2D eigenvalue weighted by Crippen LogP contribution is 2.27. The highest BCUT2D eigenvalue weighted by Gasteiger charge is 2.32. The molecule has 0 aliphatic rings. The fraction of sp³-hybridized carbons (Fsp3) is 0.333. The molecule has 11 nitrogen and oxygen atoms in total. The molecular weight excluding hydrogens is 422 g/mol. The van der Waals surface area contributed by atoms with Crippen LogP contribution in [0.15, 0.2) is 36.4 Å². The molecule has 0 aromatic heterocycles. The van der Waals surface area contributed by atoms with E-state index in [9.17, 15) is 19.8 Å². The third kappa shape index (κ3) is 7.61. The van der Waals surface area contributed by atoms with E-state index < -0.39 is 23.5 Å². The molecule has 0 aliphatic carbocycles. The second-order valence-corrected chi connectivity index (χ2v) is 7.17. The molecule has 32 heavy (non-hydrogen) atoms. The number of esters is 1. The first-order valence-corrected chi connectivity index (χ1v) is 9.58. The zero-order valence-electron chi connectivity index (χ0n) is 17.8. The standard InChI is InChI=1S/C11H15NO4.C10H14N2O4/c1-2-16-11(15)8(12)5-7-3-4-9(13)10(14)6-7;1-10(12-11,9(15)16)5-6-2-3-7(13)8(14)4-6/h3-4,6,8,13-14H,2,5,12H2,1H3;2-4,12-14H,5,11H2,1H3,(H,15,16)/t8-;10-/m00/s1. The second kappa shape index (κ2) is 11.7. The minimum Gasteiger partial charge on any atom is -0.504 e. The Morgan fingerprint density at radius 2 is 1.50 bits per heavy atom. The quantitative estimate of drug-likeness (QED) is 0.120. The third-order valence-corrected chi connectivity index (χ3v) is 4.47. The van der Waals surface area contributed by atoms with Crippen LogP contribution in [0.5, 0.6) is 23.0 Å². The first-order valence-electron chi connectivity index (χ1n) is 9.58. The van der Waals surface area contributed by atoms with Gasteiger partial charge >= 0.3 is 11.9 Å². The number of carboxylic acids is 1. The van der Waals surface area contributed by atoms with E-state index in [2.05, 4.69) is 5.43 Å². The van der Waals surface area contributed by atoms with Gasteiger partial charge in [0, 0.05) is 6.42 Å². The molecule has 0 amide bonds. The molecule has 2 rings (SSSR count). The first-order chi connectivity index (χ1) is 14.9. The summed E-state index contributed by atoms with van der Waals surface area (Å²) < 4.78 is 4.75. The van der Waals surface area contributed by atoms with Crippen LogP contribution in [0.25, 0.3) is 0 Å². The summed E-state index contributed by atoms with van der Waals surface area (Å²) in [6.07, 6.45) is 0.347. The predicted molar refractivity (Wildman–Crippen MR) is 115 cm³/mol. The van der Waals surface area contributed by atoms with Crippen LogP contribution in [-0.4, -0.2) is 55.7 Å². The Labute approximate surface area is 184 Å². The average Bonchev–Trinajstić information content (AvgIpc) is 2.73. The number of hydrazine groups is 1. The van der Waals surface area contributed by atoms with E-state index in [0.29, 0.717) is 11.1 Å². The summed E-state index contributed by atoms with van der Waals surface area (Å²) >= 11 is 0. The molecule has 0 saturated carbocycles. The molecule has 0 radical (unpaired) electrons. The SMILES string of the molecule is CCOC(=O)[C@@H](N)Cc1ccc(O)c(O)c1.C[C@@](Cc1ccc(O)c(O)c1)(NN)C(=O)O. The minimum atomic E-state index is -1.32. The van der Waals surface area contributed by atoms with E-state index in [1.54, 1.807) is 13.0 Å². The van der Waals surface area contributed by atoms with Gasteiger partial charge in [0.05, 0.1) is 6.61 Å². The molecule has 10 N–H and O–H groups in total. The number of aromatic hydroxyl groups is 4. The fourth-order valence-electron chi connectivity index (χ4n) is 2.56. The van der Waals surface area contributed by atoms with Gasteiger partial charge in [0.25, 0.3) is 0 Å². The van der Waals surface area contributed by atoms with Gasteiger partial charge in [-0.25, -0.2) is 5.43 Å². The van der Waals surface area contributed by atoms with Crippen molar-refractivity contribution < 1.29 is 39.9 Å². The van der Waals surface area contributed by atoms with Crippen molar-refractivity contribution in [2.75, 3.05) is 6.61 Å². The van der Waals surface area contributed by atoms with Gasteiger partial charge < -0.3 is 36.0 Å². The van der Waals surface area contributed by atoms with Crippen LogP contribution < -0.4 is 17.0 Å². The zero-order valence-corrected chi connectivity index (χ0v) is 17.8. The summed E-state index contributed by atoms with van der Waals surface area (Å²) in [5.41, 5.74) is 7.72. The van der Waals surface area contributed by atoms with Crippen LogP contribution in [0.3, 0.4) is 0 Å². The van der Waals surface area contributed by atoms with Crippen LogP contribution in [0, 0.1) is 0 Å². The monoisotopic (exact) mass is 451 g/mol. The Hall–Kier alpha value is -3.54. The van der Waals surface area contributed by atoms with Gasteiger partial charge in [0.1, 0.15) is 11.6 Å². The van der Waals surface area contributed by atoms with Crippen molar-refractivity contribution in [2.45, 2.75) is 38.3 Å². The lowest BCUT2D eigenvalue weighted by atomic mass is 9.93. The molecule has 2 atom stereocenters. The maximum Gasteiger partial charge on any atom is 0.325 e. The number of phenols is 4. The number of carboxylic acid groups (broad SMARTS) is 1. The molecule has 0 aliphatic heterocycles. The minimum absolute atomic E-state index is 0.0900. The summed E-state index contributed by atoms with van der Waals surface area (Å²) in [6.45, 7) is 3.42. The fourth-order valence-corrected chi connectivity index (χ4v) is 2.56. The lowest BCUT2D eigenvalue weighted by Crippen LogP contribution is -2.54. The van der Waals surface area contributed by atoms with Crippen LogP contribution >= 0.6 is 0 Å². The molecule has 2 aromatic rings. The molecule has 0 saturated heterocycles. The van der Waals surface area contributed by atoms with Crippen molar-refractivity contribution in [3.63, 3.8) is 0 Å². The van der Waals surface area contributed by atoms with Gasteiger partial charge in [-0.2, -0.15) is 0 Å². The van der Waals surface area contributed by atoms with Crippen molar-refractivity contribution in [1.82, 2.24) is 5.43 Å². The Balaban J connectivity index is 0.000000320. The predicted octanol–water partition coefficient (Wildman–Crippen LogP) is 0.478. The third-order valence-electron chi connectivity index (χ3n) is 4.47. The van der Waals surface area contributed by atoms with Gasteiger partial charge in [0.2, 0.25) is 0 Å². The number of carbonyl (C=O) groups is 2. The summed E-state index contributed by atoms with van der Waals surface area (Å²) in [7, 11) is 0. The largest absolute Gasteiger partial charge is 0.504 e. The summed E-state index contributed by atoms with van der Waals surface area (Å²) in [6, 6.07) is 7.67. The molecule has 0 fully saturated rings. The number of carbonyl (C=O) groups excluding carboxylic acids is 1. The van der Waals surface area contributed by atoms with E-state index in [0.717, 1.165) is 0 Å². The molecule has 0 heterocycles. The highest BCUT2D eigenvalue weighted by atomic mass is 16.5. The van der Waals surface area contributed by atoms with Crippen LogP contribution in [-0.2, 0) is 27.2 Å². The smallest absolute Gasteiger partial charge is 0.325 e. The Morgan fingerprint density at radius 1 is 1.00 bits per heavy atom. The topological polar surface area (TPSA) is 209 Å². The van der Waals surface area contributed by atoms with Gasteiger partial charge in [-0.05, 0) is 55.7 Å². The van der Waals surface area contributed by atoms with Crippen LogP contribution in [0.2, 0.25) is 0 Å². The summed E-state index contributed by atoms with van der Waals surface area (Å²) in [5, 5.41) is 45.7. The zero-order chi connectivity index (χ0) is 24.5. The van der Waals surface area contributed by atoms with E-state index in [-0.39, 0.29) is 42.4 Å². The summed E-state index contributed by atoms with van der Waals surface area (Å²) in [5.74, 6) is 2.64. The molecular formula is C21H29N3O8. The molecule has 11 heteroatoms. The highest BCUT2D eigenvalue weighted by molar-refractivity contribution is 5.78. The number of benzene rings is 2. The maximum atomic E-state index is 11.2. The first kappa shape index (κ1) is 26.5. The van der Waals surface area contributed by atoms with E-state index in [1.165, 1.54) is 37.3 Å². The molecule has 176 valence electrons. The maximum absolute atomic E-state index is 11.2. The number of hydrogen-bond acceptors (Lipinski definition) is 10. The lowest BCUT2D eigenvalue weighted by Gasteiger charge is -2.23. The number of nitrogens with two attached hydrogens (primary N) is 2. The Morgan fingerprint density at radius 3 is 1.94 bits per heavy atom. The van der Waals surface area contributed by atoms with E-state index in [1.807, 2.05) is 0 Å². The number of phenolic OH excluding ortho intramolecular Hbond substituents is 4. The molecule has 0 spiro atoms. The Kier molecular flexibility index (Phi) is 9.72. The number of nitrogens with one attached hydrogen (secondary N) is 1. The molecule has 2 aromatic carbocycles. The van der Waals surface area contributed by atoms with Crippen LogP contribution in [0.4, 0.5) is 0 Å². The number of hydrogen-bond donors (Lipinski definition) is 8. The number of rotatable bonds is 8. The normalized spacial score (nSPS) is 13.2. The van der Waals surface area contributed by atoms with E-state index in [4.69, 9.17) is 31.6 Å². The van der Waals surface area contributed by atoms with Crippen molar-refractivity contribution in [3.8, 4) is 23.0 Å². The Bertz CT molecular complexity index is 935. The number of ether oxygens (including phenoxy) is 1. The molecule has 0 unspecified atom stereocenters. The van der Waals surface area contributed by atoms with Crippen molar-refractivity contribution >= 4 is 11.9 Å². The van der Waals surface area contributed by atoms with Gasteiger partial charge in [-0.15, -0.1) is 0 Å². The van der Waals surface area contributed by atoms with Gasteiger partial charge in [0.15, 0.2) is 23.0 Å². The van der Waals surface area contributed by atoms with Gasteiger partial charge in [-0.1, -0.05) is 12.1 Å². The molecule has 0 bridgehead atoms.